The van der Waals surface area contributed by atoms with Crippen molar-refractivity contribution < 1.29 is 28.3 Å². The lowest BCUT2D eigenvalue weighted by atomic mass is 9.85. The number of ketones is 1. The van der Waals surface area contributed by atoms with Gasteiger partial charge in [-0.3, -0.25) is 19.7 Å². The number of aromatic nitrogens is 2. The lowest BCUT2D eigenvalue weighted by Gasteiger charge is -2.36. The number of likely N-dealkylation sites (N-methyl/N-ethyl adjacent to an activating group) is 1. The smallest absolute Gasteiger partial charge is 0.324 e. The summed E-state index contributed by atoms with van der Waals surface area (Å²) in [6.45, 7) is 7.72. The number of rotatable bonds is 10. The first-order valence-electron chi connectivity index (χ1n) is 14.8. The molecule has 0 saturated carbocycles. The Hall–Kier alpha value is -4.36. The Morgan fingerprint density at radius 3 is 2.48 bits per heavy atom. The van der Waals surface area contributed by atoms with Crippen LogP contribution in [0.5, 0.6) is 5.75 Å². The largest absolute Gasteiger partial charge is 0.496 e. The molecule has 0 bridgehead atoms. The summed E-state index contributed by atoms with van der Waals surface area (Å²) in [5.74, 6) is -0.821. The number of anilines is 2. The molecule has 46 heavy (non-hydrogen) atoms. The fourth-order valence-electron chi connectivity index (χ4n) is 5.26. The van der Waals surface area contributed by atoms with E-state index in [1.165, 1.54) is 31.6 Å². The summed E-state index contributed by atoms with van der Waals surface area (Å²) in [5.41, 5.74) is 0.378. The minimum absolute atomic E-state index is 0. The van der Waals surface area contributed by atoms with E-state index in [2.05, 4.69) is 31.2 Å². The number of amides is 4. The van der Waals surface area contributed by atoms with Crippen molar-refractivity contribution in [2.75, 3.05) is 31.3 Å². The minimum Gasteiger partial charge on any atom is -0.496 e. The predicted octanol–water partition coefficient (Wildman–Crippen LogP) is 4.08. The van der Waals surface area contributed by atoms with Crippen molar-refractivity contribution in [3.8, 4) is 5.75 Å². The van der Waals surface area contributed by atoms with E-state index >= 15 is 0 Å². The third kappa shape index (κ3) is 8.26. The Labute approximate surface area is 273 Å². The molecule has 1 aromatic heterocycles. The number of hydrogen-bond donors (Lipinski definition) is 4. The summed E-state index contributed by atoms with van der Waals surface area (Å²) in [4.78, 5) is 63.0. The van der Waals surface area contributed by atoms with Crippen molar-refractivity contribution in [2.45, 2.75) is 65.1 Å². The molecule has 1 aliphatic heterocycles. The Kier molecular flexibility index (Phi) is 12.0. The number of carbonyl (C=O) groups is 4. The topological polar surface area (TPSA) is 155 Å². The molecule has 4 rings (SSSR count). The van der Waals surface area contributed by atoms with Crippen molar-refractivity contribution in [1.29, 1.82) is 0 Å². The van der Waals surface area contributed by atoms with E-state index in [9.17, 15) is 23.6 Å². The molecule has 0 unspecified atom stereocenters. The average Bonchev–Trinajstić information content (AvgIpc) is 3.50. The Bertz CT molecular complexity index is 1600. The van der Waals surface area contributed by atoms with Crippen LogP contribution in [-0.4, -0.2) is 77.3 Å². The summed E-state index contributed by atoms with van der Waals surface area (Å²) < 4.78 is 19.6. The number of likely N-dealkylation sites (tertiary alicyclic amines) is 1. The van der Waals surface area contributed by atoms with Crippen LogP contribution in [0.4, 0.5) is 20.7 Å². The number of urea groups is 1. The van der Waals surface area contributed by atoms with Gasteiger partial charge in [0.25, 0.3) is 0 Å². The Morgan fingerprint density at radius 2 is 1.83 bits per heavy atom. The van der Waals surface area contributed by atoms with Crippen LogP contribution in [0.1, 0.15) is 46.1 Å². The van der Waals surface area contributed by atoms with E-state index in [4.69, 9.17) is 4.74 Å². The van der Waals surface area contributed by atoms with Gasteiger partial charge in [0, 0.05) is 30.0 Å². The van der Waals surface area contributed by atoms with Crippen LogP contribution in [0.25, 0.3) is 10.9 Å². The van der Waals surface area contributed by atoms with Gasteiger partial charge in [0.2, 0.25) is 11.8 Å². The zero-order valence-electron chi connectivity index (χ0n) is 26.8. The van der Waals surface area contributed by atoms with E-state index in [-0.39, 0.29) is 47.9 Å². The van der Waals surface area contributed by atoms with Crippen molar-refractivity contribution in [3.05, 3.63) is 54.1 Å². The van der Waals surface area contributed by atoms with E-state index in [1.54, 1.807) is 37.1 Å². The molecule has 248 valence electrons. The van der Waals surface area contributed by atoms with Gasteiger partial charge >= 0.3 is 6.03 Å². The number of halogens is 2. The van der Waals surface area contributed by atoms with E-state index in [0.717, 1.165) is 0 Å². The van der Waals surface area contributed by atoms with Crippen LogP contribution in [0.15, 0.2) is 42.7 Å². The number of para-hydroxylation sites is 1. The Balaban J connectivity index is 0.00000576. The molecule has 14 heteroatoms. The number of carbonyl (C=O) groups excluding carboxylic acids is 4. The first kappa shape index (κ1) is 36.1. The monoisotopic (exact) mass is 657 g/mol. The van der Waals surface area contributed by atoms with Crippen LogP contribution >= 0.6 is 12.4 Å². The van der Waals surface area contributed by atoms with Gasteiger partial charge in [-0.05, 0) is 50.4 Å². The maximum Gasteiger partial charge on any atom is 0.324 e. The third-order valence-electron chi connectivity index (χ3n) is 7.89. The van der Waals surface area contributed by atoms with Gasteiger partial charge in [-0.15, -0.1) is 12.4 Å². The van der Waals surface area contributed by atoms with Gasteiger partial charge < -0.3 is 25.6 Å². The normalized spacial score (nSPS) is 15.8. The molecule has 4 amide bonds. The van der Waals surface area contributed by atoms with Crippen LogP contribution in [0, 0.1) is 11.2 Å². The highest BCUT2D eigenvalue weighted by Gasteiger charge is 2.42. The van der Waals surface area contributed by atoms with Gasteiger partial charge in [-0.1, -0.05) is 32.9 Å². The number of benzene rings is 2. The summed E-state index contributed by atoms with van der Waals surface area (Å²) in [6.07, 6.45) is 2.35. The molecule has 2 aromatic carbocycles. The number of methoxy groups -OCH3 is 1. The molecule has 0 aliphatic carbocycles. The molecule has 0 radical (unpaired) electrons. The number of ether oxygens (including phenoxy) is 1. The SMILES string of the molecule is CN[C@@H](C)C(=O)N[C@H](C(=O)N1CCC[C@H]1C(=O)Cc1cc2c(NC(=O)Nc3ccccc3F)ncnc2cc1OC)C(C)(C)C.Cl. The standard InChI is InChI=1S/C32H40FN7O5.ClH/c1-18(34-5)29(42)38-27(32(2,3)4)30(43)40-13-9-12-24(40)25(41)15-19-14-20-23(16-26(19)45-6)35-17-36-28(20)39-31(44)37-22-11-8-7-10-21(22)33;/h7-8,10-11,14,16-18,24,27,34H,9,12-13,15H2,1-6H3,(H,38,42)(H2,35,36,37,39,44);1H/t18-,24-,27+;/m0./s1. The highest BCUT2D eigenvalue weighted by molar-refractivity contribution is 6.05. The molecule has 4 N–H and O–H groups in total. The Morgan fingerprint density at radius 1 is 1.11 bits per heavy atom. The molecule has 0 spiro atoms. The summed E-state index contributed by atoms with van der Waals surface area (Å²) in [6, 6.07) is 6.37. The lowest BCUT2D eigenvalue weighted by Crippen LogP contribution is -2.58. The van der Waals surface area contributed by atoms with Gasteiger partial charge in [0.1, 0.15) is 29.8 Å². The minimum atomic E-state index is -0.828. The molecule has 1 aliphatic rings. The first-order valence-corrected chi connectivity index (χ1v) is 14.8. The molecular weight excluding hydrogens is 617 g/mol. The van der Waals surface area contributed by atoms with Crippen LogP contribution in [0.3, 0.4) is 0 Å². The molecule has 2 heterocycles. The van der Waals surface area contributed by atoms with Crippen LogP contribution in [-0.2, 0) is 20.8 Å². The zero-order valence-corrected chi connectivity index (χ0v) is 27.6. The molecule has 3 atom stereocenters. The zero-order chi connectivity index (χ0) is 32.9. The second-order valence-electron chi connectivity index (χ2n) is 12.1. The fourth-order valence-corrected chi connectivity index (χ4v) is 5.26. The maximum absolute atomic E-state index is 14.1. The fraction of sp³-hybridized carbons (Fsp3) is 0.438. The van der Waals surface area contributed by atoms with Crippen molar-refractivity contribution in [1.82, 2.24) is 25.5 Å². The van der Waals surface area contributed by atoms with E-state index in [0.29, 0.717) is 41.6 Å². The van der Waals surface area contributed by atoms with Crippen molar-refractivity contribution >= 4 is 58.4 Å². The van der Waals surface area contributed by atoms with Crippen molar-refractivity contribution in [3.63, 3.8) is 0 Å². The second kappa shape index (κ2) is 15.3. The number of nitrogens with zero attached hydrogens (tertiary/aromatic N) is 3. The average molecular weight is 658 g/mol. The second-order valence-corrected chi connectivity index (χ2v) is 12.1. The highest BCUT2D eigenvalue weighted by Crippen LogP contribution is 2.31. The molecular formula is C32H41ClFN7O5. The lowest BCUT2D eigenvalue weighted by molar-refractivity contribution is -0.143. The summed E-state index contributed by atoms with van der Waals surface area (Å²) in [7, 11) is 3.14. The first-order chi connectivity index (χ1) is 21.3. The molecule has 12 nitrogen and oxygen atoms in total. The van der Waals surface area contributed by atoms with Crippen LogP contribution in [0.2, 0.25) is 0 Å². The number of Topliss-reactive ketones (excluding diaryl/α,β-unsaturated/α-hetero) is 1. The predicted molar refractivity (Wildman–Crippen MR) is 176 cm³/mol. The maximum atomic E-state index is 14.1. The quantitative estimate of drug-likeness (QED) is 0.254. The van der Waals surface area contributed by atoms with Gasteiger partial charge in [0.15, 0.2) is 5.78 Å². The van der Waals surface area contributed by atoms with Gasteiger partial charge in [0.05, 0.1) is 30.4 Å². The van der Waals surface area contributed by atoms with Gasteiger partial charge in [-0.25, -0.2) is 19.2 Å². The number of fused-ring (bicyclic) bond motifs is 1. The van der Waals surface area contributed by atoms with E-state index in [1.807, 2.05) is 20.8 Å². The number of nitrogens with one attached hydrogen (secondary N) is 4. The van der Waals surface area contributed by atoms with Gasteiger partial charge in [-0.2, -0.15) is 0 Å². The summed E-state index contributed by atoms with van der Waals surface area (Å²) in [5, 5.41) is 11.3. The molecule has 1 saturated heterocycles. The molecule has 3 aromatic rings. The van der Waals surface area contributed by atoms with Crippen LogP contribution < -0.4 is 26.0 Å². The highest BCUT2D eigenvalue weighted by atomic mass is 35.5. The van der Waals surface area contributed by atoms with Crippen molar-refractivity contribution in [2.24, 2.45) is 5.41 Å². The molecule has 1 fully saturated rings. The number of hydrogen-bond acceptors (Lipinski definition) is 8. The van der Waals surface area contributed by atoms with E-state index < -0.39 is 35.4 Å². The summed E-state index contributed by atoms with van der Waals surface area (Å²) >= 11 is 0. The third-order valence-corrected chi connectivity index (χ3v) is 7.89.